The van der Waals surface area contributed by atoms with Crippen LogP contribution in [-0.2, 0) is 6.42 Å². The summed E-state index contributed by atoms with van der Waals surface area (Å²) < 4.78 is 0. The zero-order valence-corrected chi connectivity index (χ0v) is 12.3. The molecule has 0 spiro atoms. The van der Waals surface area contributed by atoms with Crippen LogP contribution in [0.2, 0.25) is 0 Å². The molecular formula is C17H29N. The third-order valence-electron chi connectivity index (χ3n) is 3.69. The van der Waals surface area contributed by atoms with Gasteiger partial charge < -0.3 is 5.32 Å². The fourth-order valence-electron chi connectivity index (χ4n) is 2.29. The molecule has 0 heterocycles. The summed E-state index contributed by atoms with van der Waals surface area (Å²) in [5.41, 5.74) is 1.46. The molecule has 1 nitrogen and oxygen atoms in total. The van der Waals surface area contributed by atoms with Crippen molar-refractivity contribution in [2.75, 3.05) is 6.54 Å². The highest BCUT2D eigenvalue weighted by Gasteiger charge is 2.11. The Labute approximate surface area is 113 Å². The van der Waals surface area contributed by atoms with Crippen molar-refractivity contribution >= 4 is 0 Å². The summed E-state index contributed by atoms with van der Waals surface area (Å²) in [6.45, 7) is 8.04. The van der Waals surface area contributed by atoms with E-state index in [1.54, 1.807) is 0 Å². The molecule has 1 N–H and O–H groups in total. The Morgan fingerprint density at radius 1 is 1.11 bits per heavy atom. The van der Waals surface area contributed by atoms with Crippen molar-refractivity contribution in [3.8, 4) is 0 Å². The summed E-state index contributed by atoms with van der Waals surface area (Å²) in [5.74, 6) is 0.829. The topological polar surface area (TPSA) is 12.0 Å². The lowest BCUT2D eigenvalue weighted by atomic mass is 9.94. The number of hydrogen-bond donors (Lipinski definition) is 1. The summed E-state index contributed by atoms with van der Waals surface area (Å²) in [6, 6.07) is 11.5. The molecule has 2 atom stereocenters. The molecule has 1 rings (SSSR count). The lowest BCUT2D eigenvalue weighted by Gasteiger charge is -2.21. The number of hydrogen-bond acceptors (Lipinski definition) is 1. The zero-order chi connectivity index (χ0) is 13.2. The van der Waals surface area contributed by atoms with E-state index >= 15 is 0 Å². The van der Waals surface area contributed by atoms with E-state index in [9.17, 15) is 0 Å². The van der Waals surface area contributed by atoms with Crippen LogP contribution in [0.25, 0.3) is 0 Å². The van der Waals surface area contributed by atoms with Gasteiger partial charge in [-0.15, -0.1) is 0 Å². The predicted molar refractivity (Wildman–Crippen MR) is 80.9 cm³/mol. The van der Waals surface area contributed by atoms with Crippen molar-refractivity contribution in [2.24, 2.45) is 5.92 Å². The predicted octanol–water partition coefficient (Wildman–Crippen LogP) is 4.42. The first-order valence-corrected chi connectivity index (χ1v) is 7.53. The zero-order valence-electron chi connectivity index (χ0n) is 12.3. The Bertz CT molecular complexity index is 294. The van der Waals surface area contributed by atoms with Gasteiger partial charge in [0.15, 0.2) is 0 Å². The number of aryl methyl sites for hydroxylation is 1. The number of benzene rings is 1. The molecule has 0 bridgehead atoms. The van der Waals surface area contributed by atoms with Gasteiger partial charge in [0.25, 0.3) is 0 Å². The van der Waals surface area contributed by atoms with Gasteiger partial charge in [0, 0.05) is 6.04 Å². The summed E-state index contributed by atoms with van der Waals surface area (Å²) >= 11 is 0. The maximum absolute atomic E-state index is 3.70. The normalized spacial score (nSPS) is 14.4. The van der Waals surface area contributed by atoms with Gasteiger partial charge in [-0.1, -0.05) is 57.5 Å². The molecule has 0 saturated heterocycles. The molecule has 0 fully saturated rings. The molecule has 0 aromatic heterocycles. The van der Waals surface area contributed by atoms with E-state index in [1.807, 2.05) is 0 Å². The van der Waals surface area contributed by atoms with Gasteiger partial charge in [-0.25, -0.2) is 0 Å². The molecule has 0 amide bonds. The number of rotatable bonds is 9. The molecule has 0 aliphatic heterocycles. The van der Waals surface area contributed by atoms with Crippen molar-refractivity contribution < 1.29 is 0 Å². The van der Waals surface area contributed by atoms with Crippen molar-refractivity contribution in [1.29, 1.82) is 0 Å². The maximum Gasteiger partial charge on any atom is 0.00727 e. The summed E-state index contributed by atoms with van der Waals surface area (Å²) in [4.78, 5) is 0. The van der Waals surface area contributed by atoms with Crippen LogP contribution >= 0.6 is 0 Å². The lowest BCUT2D eigenvalue weighted by molar-refractivity contribution is 0.377. The maximum atomic E-state index is 3.70. The Hall–Kier alpha value is -0.820. The molecular weight excluding hydrogens is 218 g/mol. The number of nitrogens with one attached hydrogen (secondary N) is 1. The van der Waals surface area contributed by atoms with Crippen LogP contribution in [0.3, 0.4) is 0 Å². The average Bonchev–Trinajstić information content (AvgIpc) is 2.42. The second kappa shape index (κ2) is 9.16. The van der Waals surface area contributed by atoms with Crippen molar-refractivity contribution in [3.63, 3.8) is 0 Å². The Kier molecular flexibility index (Phi) is 7.75. The fourth-order valence-corrected chi connectivity index (χ4v) is 2.29. The van der Waals surface area contributed by atoms with E-state index in [-0.39, 0.29) is 0 Å². The Morgan fingerprint density at radius 2 is 1.83 bits per heavy atom. The van der Waals surface area contributed by atoms with E-state index in [1.165, 1.54) is 37.7 Å². The molecule has 0 aliphatic carbocycles. The van der Waals surface area contributed by atoms with Crippen LogP contribution in [0.4, 0.5) is 0 Å². The van der Waals surface area contributed by atoms with Crippen molar-refractivity contribution in [1.82, 2.24) is 5.32 Å². The smallest absolute Gasteiger partial charge is 0.00727 e. The summed E-state index contributed by atoms with van der Waals surface area (Å²) in [7, 11) is 0. The molecule has 1 heteroatoms. The standard InChI is InChI=1S/C17H29N/c1-4-13-18-17(14-15(3)5-2)12-11-16-9-7-6-8-10-16/h6-10,15,17-18H,4-5,11-14H2,1-3H3. The summed E-state index contributed by atoms with van der Waals surface area (Å²) in [5, 5.41) is 3.70. The highest BCUT2D eigenvalue weighted by Crippen LogP contribution is 2.14. The van der Waals surface area contributed by atoms with Gasteiger partial charge in [0.2, 0.25) is 0 Å². The average molecular weight is 247 g/mol. The van der Waals surface area contributed by atoms with Crippen LogP contribution in [0.1, 0.15) is 52.0 Å². The second-order valence-electron chi connectivity index (χ2n) is 5.42. The van der Waals surface area contributed by atoms with Crippen LogP contribution in [-0.4, -0.2) is 12.6 Å². The van der Waals surface area contributed by atoms with Crippen LogP contribution in [0, 0.1) is 5.92 Å². The van der Waals surface area contributed by atoms with E-state index in [0.717, 1.165) is 12.5 Å². The monoisotopic (exact) mass is 247 g/mol. The first kappa shape index (κ1) is 15.2. The molecule has 1 aromatic rings. The van der Waals surface area contributed by atoms with Crippen molar-refractivity contribution in [2.45, 2.75) is 58.9 Å². The molecule has 1 aromatic carbocycles. The second-order valence-corrected chi connectivity index (χ2v) is 5.42. The highest BCUT2D eigenvalue weighted by molar-refractivity contribution is 5.14. The molecule has 0 radical (unpaired) electrons. The SMILES string of the molecule is CCCNC(CCc1ccccc1)CC(C)CC. The van der Waals surface area contributed by atoms with Gasteiger partial charge in [-0.05, 0) is 43.7 Å². The van der Waals surface area contributed by atoms with Crippen LogP contribution < -0.4 is 5.32 Å². The molecule has 18 heavy (non-hydrogen) atoms. The first-order valence-electron chi connectivity index (χ1n) is 7.53. The van der Waals surface area contributed by atoms with Gasteiger partial charge in [0.05, 0.1) is 0 Å². The minimum Gasteiger partial charge on any atom is -0.314 e. The van der Waals surface area contributed by atoms with Crippen LogP contribution in [0.15, 0.2) is 30.3 Å². The first-order chi connectivity index (χ1) is 8.76. The highest BCUT2D eigenvalue weighted by atomic mass is 14.9. The Balaban J connectivity index is 2.39. The molecule has 2 unspecified atom stereocenters. The van der Waals surface area contributed by atoms with E-state index in [0.29, 0.717) is 6.04 Å². The van der Waals surface area contributed by atoms with Gasteiger partial charge in [-0.2, -0.15) is 0 Å². The third-order valence-corrected chi connectivity index (χ3v) is 3.69. The Morgan fingerprint density at radius 3 is 2.44 bits per heavy atom. The van der Waals surface area contributed by atoms with Gasteiger partial charge >= 0.3 is 0 Å². The lowest BCUT2D eigenvalue weighted by Crippen LogP contribution is -2.31. The third kappa shape index (κ3) is 6.20. The van der Waals surface area contributed by atoms with Gasteiger partial charge in [0.1, 0.15) is 0 Å². The van der Waals surface area contributed by atoms with Crippen LogP contribution in [0.5, 0.6) is 0 Å². The van der Waals surface area contributed by atoms with E-state index in [2.05, 4.69) is 56.4 Å². The van der Waals surface area contributed by atoms with Gasteiger partial charge in [-0.3, -0.25) is 0 Å². The van der Waals surface area contributed by atoms with E-state index < -0.39 is 0 Å². The van der Waals surface area contributed by atoms with Crippen molar-refractivity contribution in [3.05, 3.63) is 35.9 Å². The quantitative estimate of drug-likeness (QED) is 0.681. The largest absolute Gasteiger partial charge is 0.314 e. The molecule has 0 aliphatic rings. The van der Waals surface area contributed by atoms with E-state index in [4.69, 9.17) is 0 Å². The minimum atomic E-state index is 0.681. The minimum absolute atomic E-state index is 0.681. The molecule has 0 saturated carbocycles. The summed E-state index contributed by atoms with van der Waals surface area (Å²) in [6.07, 6.45) is 6.27. The fraction of sp³-hybridized carbons (Fsp3) is 0.647. The molecule has 102 valence electrons.